The number of H-pyrrole nitrogens is 1. The number of halogens is 6. The second-order valence-electron chi connectivity index (χ2n) is 9.11. The molecule has 3 heterocycles. The lowest BCUT2D eigenvalue weighted by Gasteiger charge is -2.46. The molecule has 2 saturated heterocycles. The minimum absolute atomic E-state index is 0.170. The number of anilines is 2. The van der Waals surface area contributed by atoms with E-state index in [9.17, 15) is 22.0 Å². The molecular formula is C23H30ClF5N6O4. The number of nitrogens with one attached hydrogen (secondary N) is 1. The Morgan fingerprint density at radius 3 is 2.44 bits per heavy atom. The highest BCUT2D eigenvalue weighted by Crippen LogP contribution is 2.27. The third kappa shape index (κ3) is 9.74. The molecule has 39 heavy (non-hydrogen) atoms. The number of carboxylic acids is 1. The van der Waals surface area contributed by atoms with E-state index in [4.69, 9.17) is 36.7 Å². The van der Waals surface area contributed by atoms with Gasteiger partial charge in [0.05, 0.1) is 19.3 Å². The van der Waals surface area contributed by atoms with Crippen LogP contribution >= 0.6 is 11.6 Å². The van der Waals surface area contributed by atoms with Gasteiger partial charge in [-0.25, -0.2) is 18.7 Å². The molecule has 0 amide bonds. The van der Waals surface area contributed by atoms with Gasteiger partial charge in [0.1, 0.15) is 6.61 Å². The zero-order valence-electron chi connectivity index (χ0n) is 20.8. The number of carboxylic acid groups (broad SMARTS) is 1. The van der Waals surface area contributed by atoms with Gasteiger partial charge in [-0.1, -0.05) is 23.7 Å². The van der Waals surface area contributed by atoms with Crippen molar-refractivity contribution >= 4 is 29.5 Å². The number of ether oxygens (including phenoxy) is 2. The maximum atomic E-state index is 12.5. The third-order valence-corrected chi connectivity index (χ3v) is 6.54. The van der Waals surface area contributed by atoms with Crippen molar-refractivity contribution in [1.29, 1.82) is 0 Å². The molecule has 218 valence electrons. The fourth-order valence-corrected chi connectivity index (χ4v) is 4.62. The topological polar surface area (TPSA) is 130 Å². The summed E-state index contributed by atoms with van der Waals surface area (Å²) in [4.78, 5) is 17.7. The summed E-state index contributed by atoms with van der Waals surface area (Å²) in [5, 5.41) is 14.7. The molecular weight excluding hydrogens is 555 g/mol. The Morgan fingerprint density at radius 2 is 1.90 bits per heavy atom. The standard InChI is InChI=1S/C21H29ClF2N6O2.C2HF3O2/c22-15-3-1-14(2-4-15)9-17-11-32-18(12-31-13-19(23)24)10-30(17)16-5-7-29(8-6-16)21-26-20(25)27-28-21;3-2(4,5)1(6)7/h1-4,16-19H,5-13H2,(H3,25,26,27,28);(H,6,7)/t17-,18+;/m0./s1. The molecule has 0 bridgehead atoms. The maximum absolute atomic E-state index is 12.5. The molecule has 4 rings (SSSR count). The van der Waals surface area contributed by atoms with Crippen LogP contribution in [0.25, 0.3) is 0 Å². The van der Waals surface area contributed by atoms with Crippen LogP contribution in [0.2, 0.25) is 5.02 Å². The Labute approximate surface area is 226 Å². The summed E-state index contributed by atoms with van der Waals surface area (Å²) < 4.78 is 67.8. The van der Waals surface area contributed by atoms with Crippen LogP contribution < -0.4 is 10.6 Å². The lowest BCUT2D eigenvalue weighted by molar-refractivity contribution is -0.192. The monoisotopic (exact) mass is 584 g/mol. The number of piperidine rings is 1. The number of alkyl halides is 5. The van der Waals surface area contributed by atoms with Gasteiger partial charge in [0.25, 0.3) is 6.43 Å². The Hall–Kier alpha value is -2.75. The summed E-state index contributed by atoms with van der Waals surface area (Å²) in [6.07, 6.45) is -5.06. The fraction of sp³-hybridized carbons (Fsp3) is 0.609. The number of morpholine rings is 1. The number of carbonyl (C=O) groups is 1. The molecule has 10 nitrogen and oxygen atoms in total. The van der Waals surface area contributed by atoms with Crippen LogP contribution in [0, 0.1) is 0 Å². The van der Waals surface area contributed by atoms with Crippen LogP contribution in [-0.2, 0) is 20.7 Å². The van der Waals surface area contributed by atoms with E-state index in [2.05, 4.69) is 25.0 Å². The van der Waals surface area contributed by atoms with Crippen LogP contribution in [0.1, 0.15) is 18.4 Å². The molecule has 1 aromatic heterocycles. The van der Waals surface area contributed by atoms with E-state index in [1.807, 2.05) is 24.3 Å². The molecule has 0 unspecified atom stereocenters. The van der Waals surface area contributed by atoms with Gasteiger partial charge >= 0.3 is 12.1 Å². The molecule has 2 atom stereocenters. The van der Waals surface area contributed by atoms with E-state index in [1.54, 1.807) is 0 Å². The molecule has 0 radical (unpaired) electrons. The molecule has 2 fully saturated rings. The summed E-state index contributed by atoms with van der Waals surface area (Å²) in [5.41, 5.74) is 6.85. The summed E-state index contributed by atoms with van der Waals surface area (Å²) in [6, 6.07) is 8.41. The maximum Gasteiger partial charge on any atom is 0.490 e. The highest BCUT2D eigenvalue weighted by Gasteiger charge is 2.38. The summed E-state index contributed by atoms with van der Waals surface area (Å²) in [6.45, 7) is 2.43. The van der Waals surface area contributed by atoms with Crippen molar-refractivity contribution in [2.75, 3.05) is 50.1 Å². The van der Waals surface area contributed by atoms with Crippen molar-refractivity contribution < 1.29 is 41.3 Å². The number of aromatic nitrogens is 3. The van der Waals surface area contributed by atoms with Crippen LogP contribution in [0.4, 0.5) is 33.8 Å². The van der Waals surface area contributed by atoms with Crippen molar-refractivity contribution in [3.63, 3.8) is 0 Å². The minimum atomic E-state index is -5.08. The van der Waals surface area contributed by atoms with Crippen LogP contribution in [0.3, 0.4) is 0 Å². The quantitative estimate of drug-likeness (QED) is 0.400. The Morgan fingerprint density at radius 1 is 1.26 bits per heavy atom. The SMILES string of the molecule is Nc1nc(N2CCC(N3C[C@H](COCC(F)F)OC[C@@H]3Cc3ccc(Cl)cc3)CC2)n[nH]1.O=C(O)C(F)(F)F. The van der Waals surface area contributed by atoms with E-state index < -0.39 is 25.2 Å². The summed E-state index contributed by atoms with van der Waals surface area (Å²) >= 11 is 6.03. The van der Waals surface area contributed by atoms with Crippen molar-refractivity contribution in [2.45, 2.75) is 50.1 Å². The number of nitrogen functional groups attached to an aromatic ring is 1. The highest BCUT2D eigenvalue weighted by atomic mass is 35.5. The van der Waals surface area contributed by atoms with Gasteiger partial charge in [-0.15, -0.1) is 5.10 Å². The average molecular weight is 585 g/mol. The second-order valence-corrected chi connectivity index (χ2v) is 9.54. The van der Waals surface area contributed by atoms with Crippen LogP contribution in [0.5, 0.6) is 0 Å². The number of aliphatic carboxylic acids is 1. The predicted octanol–water partition coefficient (Wildman–Crippen LogP) is 3.24. The normalized spacial score (nSPS) is 21.1. The Bertz CT molecular complexity index is 1040. The van der Waals surface area contributed by atoms with Crippen molar-refractivity contribution in [2.24, 2.45) is 0 Å². The molecule has 0 saturated carbocycles. The second kappa shape index (κ2) is 14.1. The van der Waals surface area contributed by atoms with Crippen molar-refractivity contribution in [3.05, 3.63) is 34.9 Å². The van der Waals surface area contributed by atoms with Crippen LogP contribution in [-0.4, -0.2) is 101 Å². The Balaban J connectivity index is 0.000000532. The van der Waals surface area contributed by atoms with E-state index in [-0.39, 0.29) is 18.8 Å². The largest absolute Gasteiger partial charge is 0.490 e. The Kier molecular flexibility index (Phi) is 11.1. The average Bonchev–Trinajstić information content (AvgIpc) is 3.32. The third-order valence-electron chi connectivity index (χ3n) is 6.29. The number of benzene rings is 1. The number of hydrogen-bond donors (Lipinski definition) is 3. The predicted molar refractivity (Wildman–Crippen MR) is 132 cm³/mol. The fourth-order valence-electron chi connectivity index (χ4n) is 4.49. The van der Waals surface area contributed by atoms with Crippen LogP contribution in [0.15, 0.2) is 24.3 Å². The summed E-state index contributed by atoms with van der Waals surface area (Å²) in [7, 11) is 0. The number of aromatic amines is 1. The molecule has 16 heteroatoms. The molecule has 0 spiro atoms. The van der Waals surface area contributed by atoms with Crippen molar-refractivity contribution in [3.8, 4) is 0 Å². The van der Waals surface area contributed by atoms with Gasteiger partial charge in [0.2, 0.25) is 11.9 Å². The molecule has 2 aliphatic rings. The van der Waals surface area contributed by atoms with Gasteiger partial charge in [-0.2, -0.15) is 18.2 Å². The van der Waals surface area contributed by atoms with Gasteiger partial charge < -0.3 is 25.2 Å². The van der Waals surface area contributed by atoms with Gasteiger partial charge in [-0.3, -0.25) is 4.90 Å². The van der Waals surface area contributed by atoms with Gasteiger partial charge in [0.15, 0.2) is 0 Å². The van der Waals surface area contributed by atoms with Crippen molar-refractivity contribution in [1.82, 2.24) is 20.1 Å². The number of rotatable bonds is 8. The first-order valence-corrected chi connectivity index (χ1v) is 12.5. The van der Waals surface area contributed by atoms with E-state index >= 15 is 0 Å². The number of nitrogens with zero attached hydrogens (tertiary/aromatic N) is 4. The molecule has 2 aliphatic heterocycles. The van der Waals surface area contributed by atoms with E-state index in [0.29, 0.717) is 36.1 Å². The van der Waals surface area contributed by atoms with E-state index in [1.165, 1.54) is 5.56 Å². The first kappa shape index (κ1) is 30.8. The number of nitrogens with two attached hydrogens (primary N) is 1. The molecule has 1 aromatic carbocycles. The lowest BCUT2D eigenvalue weighted by Crippen LogP contribution is -2.58. The van der Waals surface area contributed by atoms with Gasteiger partial charge in [-0.05, 0) is 37.0 Å². The first-order valence-electron chi connectivity index (χ1n) is 12.1. The first-order chi connectivity index (χ1) is 18.4. The van der Waals surface area contributed by atoms with Gasteiger partial charge in [0, 0.05) is 36.7 Å². The lowest BCUT2D eigenvalue weighted by atomic mass is 9.96. The smallest absolute Gasteiger partial charge is 0.475 e. The zero-order chi connectivity index (χ0) is 28.6. The zero-order valence-corrected chi connectivity index (χ0v) is 21.5. The molecule has 2 aromatic rings. The van der Waals surface area contributed by atoms with E-state index in [0.717, 1.165) is 32.4 Å². The highest BCUT2D eigenvalue weighted by molar-refractivity contribution is 6.30. The minimum Gasteiger partial charge on any atom is -0.475 e. The number of hydrogen-bond acceptors (Lipinski definition) is 8. The molecule has 4 N–H and O–H groups in total. The summed E-state index contributed by atoms with van der Waals surface area (Å²) in [5.74, 6) is -1.82. The molecule has 0 aliphatic carbocycles.